The van der Waals surface area contributed by atoms with Crippen molar-refractivity contribution in [2.45, 2.75) is 40.3 Å². The monoisotopic (exact) mass is 418 g/mol. The van der Waals surface area contributed by atoms with Crippen LogP contribution in [0.2, 0.25) is 0 Å². The summed E-state index contributed by atoms with van der Waals surface area (Å²) in [5.41, 5.74) is 5.66. The molecular weight excluding hydrogens is 392 g/mol. The van der Waals surface area contributed by atoms with Crippen LogP contribution < -0.4 is 4.74 Å². The maximum Gasteiger partial charge on any atom is 0.344 e. The first-order valence-corrected chi connectivity index (χ1v) is 10.1. The Morgan fingerprint density at radius 2 is 1.71 bits per heavy atom. The number of hydrogen-bond acceptors (Lipinski definition) is 4. The maximum absolute atomic E-state index is 12.6. The van der Waals surface area contributed by atoms with Crippen molar-refractivity contribution >= 4 is 17.8 Å². The Morgan fingerprint density at radius 3 is 2.32 bits per heavy atom. The smallest absolute Gasteiger partial charge is 0.344 e. The van der Waals surface area contributed by atoms with E-state index in [0.717, 1.165) is 17.0 Å². The Kier molecular flexibility index (Phi) is 6.70. The van der Waals surface area contributed by atoms with E-state index >= 15 is 0 Å². The number of aryl methyl sites for hydroxylation is 2. The lowest BCUT2D eigenvalue weighted by Crippen LogP contribution is -2.22. The van der Waals surface area contributed by atoms with E-state index in [0.29, 0.717) is 17.9 Å². The highest BCUT2D eigenvalue weighted by Gasteiger charge is 2.13. The number of nitrogens with zero attached hydrogens (tertiary/aromatic N) is 2. The van der Waals surface area contributed by atoms with Crippen molar-refractivity contribution in [2.75, 3.05) is 0 Å². The van der Waals surface area contributed by atoms with E-state index in [1.54, 1.807) is 30.3 Å². The van der Waals surface area contributed by atoms with Crippen molar-refractivity contribution in [2.24, 2.45) is 0 Å². The number of benzene rings is 2. The Morgan fingerprint density at radius 1 is 1.06 bits per heavy atom. The molecule has 6 nitrogen and oxygen atoms in total. The lowest BCUT2D eigenvalue weighted by molar-refractivity contribution is -0.144. The summed E-state index contributed by atoms with van der Waals surface area (Å²) < 4.78 is 7.23. The Bertz CT molecular complexity index is 1110. The Labute approximate surface area is 181 Å². The van der Waals surface area contributed by atoms with E-state index in [2.05, 4.69) is 36.3 Å². The Balaban J connectivity index is 1.71. The molecule has 0 aliphatic heterocycles. The molecule has 0 fully saturated rings. The van der Waals surface area contributed by atoms with Crippen molar-refractivity contribution in [1.82, 2.24) is 9.78 Å². The van der Waals surface area contributed by atoms with E-state index in [1.807, 2.05) is 18.5 Å². The van der Waals surface area contributed by atoms with Gasteiger partial charge in [0.25, 0.3) is 0 Å². The van der Waals surface area contributed by atoms with Crippen molar-refractivity contribution in [3.8, 4) is 5.75 Å². The van der Waals surface area contributed by atoms with Gasteiger partial charge in [-0.15, -0.1) is 0 Å². The van der Waals surface area contributed by atoms with E-state index in [9.17, 15) is 9.59 Å². The molecule has 0 saturated carbocycles. The fraction of sp³-hybridized carbons (Fsp3) is 0.240. The largest absolute Gasteiger partial charge is 0.479 e. The zero-order valence-electron chi connectivity index (χ0n) is 18.1. The molecule has 0 saturated heterocycles. The minimum Gasteiger partial charge on any atom is -0.479 e. The van der Waals surface area contributed by atoms with Gasteiger partial charge >= 0.3 is 5.97 Å². The number of ether oxygens (including phenoxy) is 1. The lowest BCUT2D eigenvalue weighted by Gasteiger charge is -2.10. The van der Waals surface area contributed by atoms with E-state index < -0.39 is 12.1 Å². The molecule has 1 aromatic heterocycles. The Hall–Kier alpha value is -3.67. The van der Waals surface area contributed by atoms with Crippen LogP contribution >= 0.6 is 0 Å². The highest BCUT2D eigenvalue weighted by atomic mass is 16.5. The topological polar surface area (TPSA) is 81.4 Å². The second kappa shape index (κ2) is 9.43. The number of hydrogen-bond donors (Lipinski definition) is 1. The standard InChI is InChI=1S/C25H26N2O4/c1-16-5-7-20(8-6-16)15-27-18(3)23(17(2)26-27)13-14-24(28)21-9-11-22(12-10-21)31-19(4)25(29)30/h5-14,19H,15H2,1-4H3,(H,29,30)/b14-13+/t19-/m1/s1. The summed E-state index contributed by atoms with van der Waals surface area (Å²) in [5.74, 6) is -0.792. The fourth-order valence-electron chi connectivity index (χ4n) is 3.18. The van der Waals surface area contributed by atoms with Crippen LogP contribution in [-0.4, -0.2) is 32.7 Å². The van der Waals surface area contributed by atoms with Crippen LogP contribution in [0, 0.1) is 20.8 Å². The zero-order chi connectivity index (χ0) is 22.5. The summed E-state index contributed by atoms with van der Waals surface area (Å²) in [6.07, 6.45) is 2.37. The number of carboxylic acid groups (broad SMARTS) is 1. The first kappa shape index (κ1) is 22.0. The predicted molar refractivity (Wildman–Crippen MR) is 120 cm³/mol. The summed E-state index contributed by atoms with van der Waals surface area (Å²) in [4.78, 5) is 23.4. The fourth-order valence-corrected chi connectivity index (χ4v) is 3.18. The van der Waals surface area contributed by atoms with Gasteiger partial charge in [0.1, 0.15) is 5.75 Å². The van der Waals surface area contributed by atoms with Crippen LogP contribution in [0.1, 0.15) is 45.4 Å². The molecule has 3 rings (SSSR count). The van der Waals surface area contributed by atoms with Crippen LogP contribution in [0.4, 0.5) is 0 Å². The summed E-state index contributed by atoms with van der Waals surface area (Å²) in [6, 6.07) is 14.8. The average molecular weight is 418 g/mol. The molecule has 2 aromatic carbocycles. The van der Waals surface area contributed by atoms with E-state index in [-0.39, 0.29) is 5.78 Å². The summed E-state index contributed by atoms with van der Waals surface area (Å²) in [6.45, 7) is 8.11. The lowest BCUT2D eigenvalue weighted by atomic mass is 10.1. The maximum atomic E-state index is 12.6. The molecule has 1 atom stereocenters. The quantitative estimate of drug-likeness (QED) is 0.427. The molecule has 1 N–H and O–H groups in total. The van der Waals surface area contributed by atoms with Gasteiger partial charge in [0.05, 0.1) is 12.2 Å². The predicted octanol–water partition coefficient (Wildman–Crippen LogP) is 4.60. The normalized spacial score (nSPS) is 12.1. The van der Waals surface area contributed by atoms with Gasteiger partial charge in [-0.2, -0.15) is 5.10 Å². The first-order valence-electron chi connectivity index (χ1n) is 10.1. The molecule has 0 aliphatic rings. The van der Waals surface area contributed by atoms with Gasteiger partial charge in [-0.25, -0.2) is 4.79 Å². The molecule has 160 valence electrons. The molecule has 1 heterocycles. The van der Waals surface area contributed by atoms with Crippen LogP contribution in [0.25, 0.3) is 6.08 Å². The van der Waals surface area contributed by atoms with Gasteiger partial charge in [0.15, 0.2) is 11.9 Å². The molecule has 0 unspecified atom stereocenters. The highest BCUT2D eigenvalue weighted by Crippen LogP contribution is 2.19. The van der Waals surface area contributed by atoms with Gasteiger partial charge in [-0.1, -0.05) is 29.8 Å². The third kappa shape index (κ3) is 5.48. The van der Waals surface area contributed by atoms with Crippen LogP contribution in [-0.2, 0) is 11.3 Å². The SMILES string of the molecule is Cc1ccc(Cn2nc(C)c(/C=C/C(=O)c3ccc(O[C@H](C)C(=O)O)cc3)c2C)cc1. The van der Waals surface area contributed by atoms with E-state index in [1.165, 1.54) is 24.1 Å². The first-order chi connectivity index (χ1) is 14.7. The van der Waals surface area contributed by atoms with Gasteiger partial charge < -0.3 is 9.84 Å². The molecule has 0 spiro atoms. The van der Waals surface area contributed by atoms with Crippen LogP contribution in [0.3, 0.4) is 0 Å². The number of rotatable bonds is 8. The van der Waals surface area contributed by atoms with Gasteiger partial charge in [-0.3, -0.25) is 9.48 Å². The average Bonchev–Trinajstić information content (AvgIpc) is 3.01. The summed E-state index contributed by atoms with van der Waals surface area (Å²) >= 11 is 0. The third-order valence-electron chi connectivity index (χ3n) is 5.09. The van der Waals surface area contributed by atoms with Gasteiger partial charge in [-0.05, 0) is 69.7 Å². The van der Waals surface area contributed by atoms with Crippen molar-refractivity contribution in [3.63, 3.8) is 0 Å². The molecular formula is C25H26N2O4. The van der Waals surface area contributed by atoms with Crippen molar-refractivity contribution in [1.29, 1.82) is 0 Å². The number of allylic oxidation sites excluding steroid dienone is 1. The zero-order valence-corrected chi connectivity index (χ0v) is 18.1. The van der Waals surface area contributed by atoms with Gasteiger partial charge in [0.2, 0.25) is 0 Å². The number of carboxylic acids is 1. The number of carbonyl (C=O) groups is 2. The second-order valence-electron chi connectivity index (χ2n) is 7.55. The molecule has 0 aliphatic carbocycles. The summed E-state index contributed by atoms with van der Waals surface area (Å²) in [7, 11) is 0. The number of aromatic nitrogens is 2. The van der Waals surface area contributed by atoms with Gasteiger partial charge in [0, 0.05) is 16.8 Å². The minimum absolute atomic E-state index is 0.150. The molecule has 31 heavy (non-hydrogen) atoms. The molecule has 0 bridgehead atoms. The highest BCUT2D eigenvalue weighted by molar-refractivity contribution is 6.07. The summed E-state index contributed by atoms with van der Waals surface area (Å²) in [5, 5.41) is 13.5. The number of ketones is 1. The number of carbonyl (C=O) groups excluding carboxylic acids is 1. The molecule has 0 amide bonds. The minimum atomic E-state index is -1.04. The number of aliphatic carboxylic acids is 1. The van der Waals surface area contributed by atoms with Crippen molar-refractivity contribution < 1.29 is 19.4 Å². The van der Waals surface area contributed by atoms with Crippen LogP contribution in [0.15, 0.2) is 54.6 Å². The third-order valence-corrected chi connectivity index (χ3v) is 5.09. The van der Waals surface area contributed by atoms with Crippen LogP contribution in [0.5, 0.6) is 5.75 Å². The molecule has 0 radical (unpaired) electrons. The molecule has 6 heteroatoms. The van der Waals surface area contributed by atoms with Crippen molar-refractivity contribution in [3.05, 3.63) is 88.2 Å². The second-order valence-corrected chi connectivity index (χ2v) is 7.55. The van der Waals surface area contributed by atoms with E-state index in [4.69, 9.17) is 9.84 Å². The molecule has 3 aromatic rings.